The molecule has 1 fully saturated rings. The van der Waals surface area contributed by atoms with Crippen LogP contribution in [0.2, 0.25) is 0 Å². The molecule has 0 bridgehead atoms. The smallest absolute Gasteiger partial charge is 0.407 e. The Morgan fingerprint density at radius 1 is 1.06 bits per heavy atom. The number of rotatable bonds is 6. The Balaban J connectivity index is 1.42. The second-order valence-corrected chi connectivity index (χ2v) is 9.72. The van der Waals surface area contributed by atoms with Gasteiger partial charge >= 0.3 is 12.1 Å². The van der Waals surface area contributed by atoms with Crippen LogP contribution >= 0.6 is 0 Å². The number of fused-ring (bicyclic) bond motifs is 3. The minimum absolute atomic E-state index is 0.0437. The molecule has 2 aromatic rings. The largest absolute Gasteiger partial charge is 0.480 e. The number of carboxylic acid groups (broad SMARTS) is 1. The lowest BCUT2D eigenvalue weighted by Gasteiger charge is -2.33. The minimum atomic E-state index is -1.39. The quantitative estimate of drug-likeness (QED) is 0.616. The van der Waals surface area contributed by atoms with Crippen molar-refractivity contribution in [3.05, 3.63) is 59.7 Å². The lowest BCUT2D eigenvalue weighted by molar-refractivity contribution is -0.148. The van der Waals surface area contributed by atoms with E-state index in [4.69, 9.17) is 4.74 Å². The molecule has 0 aromatic heterocycles. The van der Waals surface area contributed by atoms with Crippen LogP contribution in [-0.4, -0.2) is 41.3 Å². The third-order valence-electron chi connectivity index (χ3n) is 7.07. The van der Waals surface area contributed by atoms with Crippen molar-refractivity contribution in [3.8, 4) is 11.1 Å². The molecule has 0 spiro atoms. The molecule has 174 valence electrons. The minimum Gasteiger partial charge on any atom is -0.480 e. The number of aliphatic carboxylic acids is 1. The predicted molar refractivity (Wildman–Crippen MR) is 124 cm³/mol. The lowest BCUT2D eigenvalue weighted by atomic mass is 9.82. The van der Waals surface area contributed by atoms with E-state index < -0.39 is 29.1 Å². The van der Waals surface area contributed by atoms with Crippen molar-refractivity contribution < 1.29 is 24.2 Å². The van der Waals surface area contributed by atoms with Gasteiger partial charge in [-0.3, -0.25) is 4.79 Å². The van der Waals surface area contributed by atoms with E-state index in [0.717, 1.165) is 28.7 Å². The van der Waals surface area contributed by atoms with Crippen LogP contribution in [0.1, 0.15) is 57.1 Å². The summed E-state index contributed by atoms with van der Waals surface area (Å²) >= 11 is 0. The summed E-state index contributed by atoms with van der Waals surface area (Å²) < 4.78 is 5.64. The molecule has 0 aliphatic heterocycles. The molecule has 2 aromatic carbocycles. The first-order valence-electron chi connectivity index (χ1n) is 11.3. The molecular weight excluding hydrogens is 420 g/mol. The first-order valence-corrected chi connectivity index (χ1v) is 11.3. The van der Waals surface area contributed by atoms with Crippen LogP contribution in [0.15, 0.2) is 48.5 Å². The average Bonchev–Trinajstić information content (AvgIpc) is 3.30. The fourth-order valence-electron chi connectivity index (χ4n) is 4.93. The standard InChI is InChI=1S/C26H30N2O5/c1-25(2,23(30)31)28-22(29)26(3)14-8-13-21(26)27-24(32)33-15-20-18-11-6-4-9-16(18)17-10-5-7-12-19(17)20/h4-7,9-12,20-21H,8,13-15H2,1-3H3,(H,27,32)(H,28,29)(H,30,31). The molecule has 2 aliphatic carbocycles. The molecular formula is C26H30N2O5. The fourth-order valence-corrected chi connectivity index (χ4v) is 4.93. The third kappa shape index (κ3) is 4.19. The molecule has 7 nitrogen and oxygen atoms in total. The van der Waals surface area contributed by atoms with Gasteiger partial charge in [0.25, 0.3) is 0 Å². The van der Waals surface area contributed by atoms with E-state index in [1.807, 2.05) is 24.3 Å². The summed E-state index contributed by atoms with van der Waals surface area (Å²) in [7, 11) is 0. The van der Waals surface area contributed by atoms with Crippen LogP contribution in [0.3, 0.4) is 0 Å². The lowest BCUT2D eigenvalue weighted by Crippen LogP contribution is -2.58. The Morgan fingerprint density at radius 2 is 1.64 bits per heavy atom. The molecule has 2 atom stereocenters. The predicted octanol–water partition coefficient (Wildman–Crippen LogP) is 4.06. The van der Waals surface area contributed by atoms with Gasteiger partial charge in [-0.15, -0.1) is 0 Å². The number of carboxylic acids is 1. The summed E-state index contributed by atoms with van der Waals surface area (Å²) in [6.45, 7) is 4.85. The molecule has 2 unspecified atom stereocenters. The summed E-state index contributed by atoms with van der Waals surface area (Å²) in [4.78, 5) is 37.1. The summed E-state index contributed by atoms with van der Waals surface area (Å²) in [5, 5.41) is 14.8. The molecule has 0 saturated heterocycles. The second kappa shape index (κ2) is 8.54. The molecule has 0 radical (unpaired) electrons. The van der Waals surface area contributed by atoms with Gasteiger partial charge in [0.2, 0.25) is 5.91 Å². The fraction of sp³-hybridized carbons (Fsp3) is 0.423. The number of nitrogens with one attached hydrogen (secondary N) is 2. The van der Waals surface area contributed by atoms with Gasteiger partial charge in [0.05, 0.1) is 5.41 Å². The number of carbonyl (C=O) groups excluding carboxylic acids is 2. The Hall–Kier alpha value is -3.35. The highest BCUT2D eigenvalue weighted by Gasteiger charge is 2.48. The van der Waals surface area contributed by atoms with Crippen molar-refractivity contribution in [2.24, 2.45) is 5.41 Å². The monoisotopic (exact) mass is 450 g/mol. The molecule has 2 aliphatic rings. The van der Waals surface area contributed by atoms with E-state index in [1.54, 1.807) is 6.92 Å². The topological polar surface area (TPSA) is 105 Å². The number of hydrogen-bond acceptors (Lipinski definition) is 4. The highest BCUT2D eigenvalue weighted by atomic mass is 16.5. The Bertz CT molecular complexity index is 1050. The third-order valence-corrected chi connectivity index (χ3v) is 7.07. The van der Waals surface area contributed by atoms with E-state index in [1.165, 1.54) is 13.8 Å². The highest BCUT2D eigenvalue weighted by Crippen LogP contribution is 2.44. The van der Waals surface area contributed by atoms with Crippen LogP contribution in [0, 0.1) is 5.41 Å². The number of amides is 2. The molecule has 1 saturated carbocycles. The maximum Gasteiger partial charge on any atom is 0.407 e. The number of benzene rings is 2. The van der Waals surface area contributed by atoms with Crippen LogP contribution < -0.4 is 10.6 Å². The molecule has 7 heteroatoms. The molecule has 3 N–H and O–H groups in total. The number of hydrogen-bond donors (Lipinski definition) is 3. The van der Waals surface area contributed by atoms with Gasteiger partial charge in [0.1, 0.15) is 12.1 Å². The van der Waals surface area contributed by atoms with Gasteiger partial charge in [-0.05, 0) is 55.9 Å². The zero-order valence-electron chi connectivity index (χ0n) is 19.2. The summed E-state index contributed by atoms with van der Waals surface area (Å²) in [5.74, 6) is -1.53. The van der Waals surface area contributed by atoms with Crippen molar-refractivity contribution >= 4 is 18.0 Å². The maximum atomic E-state index is 13.0. The van der Waals surface area contributed by atoms with E-state index in [2.05, 4.69) is 34.9 Å². The first kappa shape index (κ1) is 22.8. The van der Waals surface area contributed by atoms with Crippen LogP contribution in [-0.2, 0) is 14.3 Å². The molecule has 4 rings (SSSR count). The summed E-state index contributed by atoms with van der Waals surface area (Å²) in [6.07, 6.45) is 1.37. The Kier molecular flexibility index (Phi) is 5.91. The van der Waals surface area contributed by atoms with Gasteiger partial charge in [-0.1, -0.05) is 55.0 Å². The van der Waals surface area contributed by atoms with Crippen LogP contribution in [0.5, 0.6) is 0 Å². The zero-order valence-corrected chi connectivity index (χ0v) is 19.2. The van der Waals surface area contributed by atoms with Crippen LogP contribution in [0.25, 0.3) is 11.1 Å². The van der Waals surface area contributed by atoms with Gasteiger partial charge in [0.15, 0.2) is 0 Å². The van der Waals surface area contributed by atoms with Crippen molar-refractivity contribution in [3.63, 3.8) is 0 Å². The number of alkyl carbamates (subject to hydrolysis) is 1. The van der Waals surface area contributed by atoms with Gasteiger partial charge in [-0.2, -0.15) is 0 Å². The van der Waals surface area contributed by atoms with E-state index >= 15 is 0 Å². The van der Waals surface area contributed by atoms with Gasteiger partial charge < -0.3 is 20.5 Å². The second-order valence-electron chi connectivity index (χ2n) is 9.72. The van der Waals surface area contributed by atoms with E-state index in [-0.39, 0.29) is 18.4 Å². The number of carbonyl (C=O) groups is 3. The molecule has 0 heterocycles. The van der Waals surface area contributed by atoms with Crippen molar-refractivity contribution in [1.29, 1.82) is 0 Å². The Labute approximate surface area is 193 Å². The van der Waals surface area contributed by atoms with Crippen molar-refractivity contribution in [2.45, 2.75) is 57.5 Å². The highest BCUT2D eigenvalue weighted by molar-refractivity contribution is 5.90. The summed E-state index contributed by atoms with van der Waals surface area (Å²) in [5.41, 5.74) is 2.28. The van der Waals surface area contributed by atoms with Gasteiger partial charge in [0, 0.05) is 12.0 Å². The Morgan fingerprint density at radius 3 is 2.21 bits per heavy atom. The van der Waals surface area contributed by atoms with Crippen molar-refractivity contribution in [2.75, 3.05) is 6.61 Å². The van der Waals surface area contributed by atoms with E-state index in [9.17, 15) is 19.5 Å². The maximum absolute atomic E-state index is 13.0. The van der Waals surface area contributed by atoms with Crippen molar-refractivity contribution in [1.82, 2.24) is 10.6 Å². The normalized spacial score (nSPS) is 21.7. The van der Waals surface area contributed by atoms with Crippen LogP contribution in [0.4, 0.5) is 4.79 Å². The zero-order chi connectivity index (χ0) is 23.8. The van der Waals surface area contributed by atoms with Gasteiger partial charge in [-0.25, -0.2) is 9.59 Å². The molecule has 2 amide bonds. The average molecular weight is 451 g/mol. The molecule has 33 heavy (non-hydrogen) atoms. The van der Waals surface area contributed by atoms with E-state index in [0.29, 0.717) is 12.8 Å². The first-order chi connectivity index (χ1) is 15.6. The SMILES string of the molecule is CC(C)(NC(=O)C1(C)CCCC1NC(=O)OCC1c2ccccc2-c2ccccc21)C(=O)O. The summed E-state index contributed by atoms with van der Waals surface area (Å²) in [6, 6.07) is 15.8. The number of ether oxygens (including phenoxy) is 1.